The van der Waals surface area contributed by atoms with Crippen molar-refractivity contribution in [1.29, 1.82) is 0 Å². The van der Waals surface area contributed by atoms with E-state index in [9.17, 15) is 5.26 Å². The molecule has 0 amide bonds. The van der Waals surface area contributed by atoms with Gasteiger partial charge in [-0.05, 0) is 19.9 Å². The van der Waals surface area contributed by atoms with Crippen LogP contribution in [0.15, 0.2) is 24.3 Å². The highest BCUT2D eigenvalue weighted by Gasteiger charge is 2.49. The highest BCUT2D eigenvalue weighted by molar-refractivity contribution is 5.61. The molecule has 0 bridgehead atoms. The molecule has 1 aliphatic rings. The summed E-state index contributed by atoms with van der Waals surface area (Å²) in [5.74, 6) is 0. The van der Waals surface area contributed by atoms with Gasteiger partial charge in [0.25, 0.3) is 0 Å². The SMILES string of the molecule is CCOC1N(C)c2ccccc2C1(C)OO. The van der Waals surface area contributed by atoms with E-state index in [1.165, 1.54) is 0 Å². The van der Waals surface area contributed by atoms with E-state index in [2.05, 4.69) is 0 Å². The van der Waals surface area contributed by atoms with Gasteiger partial charge in [0.15, 0.2) is 11.8 Å². The summed E-state index contributed by atoms with van der Waals surface area (Å²) in [6.45, 7) is 4.33. The number of hydrogen-bond acceptors (Lipinski definition) is 4. The maximum atomic E-state index is 9.18. The van der Waals surface area contributed by atoms with Gasteiger partial charge in [0, 0.05) is 24.9 Å². The van der Waals surface area contributed by atoms with Gasteiger partial charge in [-0.3, -0.25) is 5.26 Å². The molecule has 0 radical (unpaired) electrons. The minimum absolute atomic E-state index is 0.306. The first-order valence-electron chi connectivity index (χ1n) is 5.41. The molecule has 1 aromatic carbocycles. The Morgan fingerprint density at radius 2 is 2.12 bits per heavy atom. The molecule has 1 N–H and O–H groups in total. The number of rotatable bonds is 3. The van der Waals surface area contributed by atoms with Crippen molar-refractivity contribution in [1.82, 2.24) is 0 Å². The maximum Gasteiger partial charge on any atom is 0.172 e. The summed E-state index contributed by atoms with van der Waals surface area (Å²) >= 11 is 0. The number of ether oxygens (including phenoxy) is 1. The van der Waals surface area contributed by atoms with Gasteiger partial charge >= 0.3 is 0 Å². The summed E-state index contributed by atoms with van der Waals surface area (Å²) in [4.78, 5) is 6.68. The number of para-hydroxylation sites is 1. The number of likely N-dealkylation sites (N-methyl/N-ethyl adjacent to an activating group) is 1. The Hall–Kier alpha value is -1.10. The largest absolute Gasteiger partial charge is 0.355 e. The normalized spacial score (nSPS) is 28.2. The van der Waals surface area contributed by atoms with Gasteiger partial charge in [0.2, 0.25) is 0 Å². The highest BCUT2D eigenvalue weighted by atomic mass is 17.1. The van der Waals surface area contributed by atoms with Gasteiger partial charge in [-0.15, -0.1) is 0 Å². The maximum absolute atomic E-state index is 9.18. The van der Waals surface area contributed by atoms with E-state index in [1.54, 1.807) is 0 Å². The van der Waals surface area contributed by atoms with Crippen molar-refractivity contribution in [3.63, 3.8) is 0 Å². The van der Waals surface area contributed by atoms with E-state index in [0.29, 0.717) is 6.61 Å². The van der Waals surface area contributed by atoms with Crippen LogP contribution in [0.2, 0.25) is 0 Å². The van der Waals surface area contributed by atoms with Crippen molar-refractivity contribution in [2.75, 3.05) is 18.6 Å². The van der Waals surface area contributed by atoms with Crippen molar-refractivity contribution in [2.45, 2.75) is 25.7 Å². The number of hydrogen-bond donors (Lipinski definition) is 1. The fraction of sp³-hybridized carbons (Fsp3) is 0.500. The number of nitrogens with zero attached hydrogens (tertiary/aromatic N) is 1. The predicted octanol–water partition coefficient (Wildman–Crippen LogP) is 2.20. The lowest BCUT2D eigenvalue weighted by molar-refractivity contribution is -0.345. The fourth-order valence-corrected chi connectivity index (χ4v) is 2.35. The lowest BCUT2D eigenvalue weighted by Crippen LogP contribution is -2.44. The summed E-state index contributed by atoms with van der Waals surface area (Å²) < 4.78 is 5.64. The van der Waals surface area contributed by atoms with E-state index in [1.807, 2.05) is 50.1 Å². The summed E-state index contributed by atoms with van der Waals surface area (Å²) in [5.41, 5.74) is 1.14. The van der Waals surface area contributed by atoms with Gasteiger partial charge in [0.1, 0.15) is 0 Å². The minimum atomic E-state index is -0.832. The molecule has 2 rings (SSSR count). The van der Waals surface area contributed by atoms with Crippen molar-refractivity contribution in [3.8, 4) is 0 Å². The Morgan fingerprint density at radius 1 is 1.44 bits per heavy atom. The molecule has 0 saturated carbocycles. The number of benzene rings is 1. The van der Waals surface area contributed by atoms with Crippen LogP contribution < -0.4 is 4.90 Å². The summed E-state index contributed by atoms with van der Waals surface area (Å²) in [7, 11) is 1.93. The third kappa shape index (κ3) is 1.42. The molecule has 1 aromatic rings. The van der Waals surface area contributed by atoms with E-state index < -0.39 is 5.60 Å². The second-order valence-corrected chi connectivity index (χ2v) is 4.13. The molecule has 2 unspecified atom stereocenters. The van der Waals surface area contributed by atoms with Gasteiger partial charge in [0.05, 0.1) is 0 Å². The third-order valence-corrected chi connectivity index (χ3v) is 3.16. The van der Waals surface area contributed by atoms with Crippen molar-refractivity contribution in [3.05, 3.63) is 29.8 Å². The van der Waals surface area contributed by atoms with Crippen LogP contribution in [-0.4, -0.2) is 25.1 Å². The first-order valence-corrected chi connectivity index (χ1v) is 5.41. The Balaban J connectivity index is 2.48. The van der Waals surface area contributed by atoms with Crippen molar-refractivity contribution >= 4 is 5.69 Å². The Labute approximate surface area is 95.3 Å². The Kier molecular flexibility index (Phi) is 2.88. The lowest BCUT2D eigenvalue weighted by Gasteiger charge is -2.31. The molecule has 1 heterocycles. The van der Waals surface area contributed by atoms with Crippen LogP contribution in [0.25, 0.3) is 0 Å². The second kappa shape index (κ2) is 4.05. The highest BCUT2D eigenvalue weighted by Crippen LogP contribution is 2.45. The molecule has 4 nitrogen and oxygen atoms in total. The monoisotopic (exact) mass is 223 g/mol. The second-order valence-electron chi connectivity index (χ2n) is 4.13. The quantitative estimate of drug-likeness (QED) is 0.630. The van der Waals surface area contributed by atoms with Crippen molar-refractivity contribution < 1.29 is 14.9 Å². The standard InChI is InChI=1S/C12H17NO3/c1-4-15-11-12(2,16-14)9-7-5-6-8-10(9)13(11)3/h5-8,11,14H,4H2,1-3H3. The predicted molar refractivity (Wildman–Crippen MR) is 61.3 cm³/mol. The van der Waals surface area contributed by atoms with Gasteiger partial charge in [-0.2, -0.15) is 0 Å². The van der Waals surface area contributed by atoms with E-state index in [-0.39, 0.29) is 6.23 Å². The zero-order valence-corrected chi connectivity index (χ0v) is 9.80. The molecular formula is C12H17NO3. The molecule has 16 heavy (non-hydrogen) atoms. The third-order valence-electron chi connectivity index (χ3n) is 3.16. The van der Waals surface area contributed by atoms with E-state index >= 15 is 0 Å². The molecule has 1 aliphatic heterocycles. The van der Waals surface area contributed by atoms with Crippen LogP contribution in [0.3, 0.4) is 0 Å². The van der Waals surface area contributed by atoms with Crippen LogP contribution in [-0.2, 0) is 15.2 Å². The molecular weight excluding hydrogens is 206 g/mol. The minimum Gasteiger partial charge on any atom is -0.355 e. The van der Waals surface area contributed by atoms with Crippen molar-refractivity contribution in [2.24, 2.45) is 0 Å². The summed E-state index contributed by atoms with van der Waals surface area (Å²) in [5, 5.41) is 9.18. The topological polar surface area (TPSA) is 41.9 Å². The molecule has 0 aliphatic carbocycles. The molecule has 0 spiro atoms. The molecule has 0 fully saturated rings. The van der Waals surface area contributed by atoms with Gasteiger partial charge < -0.3 is 9.64 Å². The molecule has 88 valence electrons. The van der Waals surface area contributed by atoms with E-state index in [0.717, 1.165) is 11.3 Å². The van der Waals surface area contributed by atoms with E-state index in [4.69, 9.17) is 9.62 Å². The zero-order chi connectivity index (χ0) is 11.8. The van der Waals surface area contributed by atoms with Crippen LogP contribution in [0.4, 0.5) is 5.69 Å². The molecule has 2 atom stereocenters. The van der Waals surface area contributed by atoms with Crippen LogP contribution in [0, 0.1) is 0 Å². The molecule has 0 aromatic heterocycles. The van der Waals surface area contributed by atoms with Gasteiger partial charge in [-0.25, -0.2) is 4.89 Å². The summed E-state index contributed by atoms with van der Waals surface area (Å²) in [6.07, 6.45) is -0.306. The molecule has 0 saturated heterocycles. The Morgan fingerprint density at radius 3 is 2.75 bits per heavy atom. The average Bonchev–Trinajstić information content (AvgIpc) is 2.53. The number of anilines is 1. The first-order chi connectivity index (χ1) is 7.65. The smallest absolute Gasteiger partial charge is 0.172 e. The summed E-state index contributed by atoms with van der Waals surface area (Å²) in [6, 6.07) is 7.83. The van der Waals surface area contributed by atoms with Crippen LogP contribution in [0.1, 0.15) is 19.4 Å². The first kappa shape index (κ1) is 11.4. The van der Waals surface area contributed by atoms with Crippen LogP contribution in [0.5, 0.6) is 0 Å². The molecule has 4 heteroatoms. The number of fused-ring (bicyclic) bond motifs is 1. The fourth-order valence-electron chi connectivity index (χ4n) is 2.35. The van der Waals surface area contributed by atoms with Crippen LogP contribution >= 0.6 is 0 Å². The Bertz CT molecular complexity index is 382. The lowest BCUT2D eigenvalue weighted by atomic mass is 9.97. The zero-order valence-electron chi connectivity index (χ0n) is 9.80. The van der Waals surface area contributed by atoms with Gasteiger partial charge in [-0.1, -0.05) is 18.2 Å². The average molecular weight is 223 g/mol.